The van der Waals surface area contributed by atoms with Gasteiger partial charge in [0.05, 0.1) is 11.4 Å². The van der Waals surface area contributed by atoms with Crippen LogP contribution in [-0.4, -0.2) is 27.4 Å². The molecule has 5 heteroatoms. The number of benzene rings is 1. The molecule has 116 valence electrons. The topological polar surface area (TPSA) is 30.2 Å². The van der Waals surface area contributed by atoms with Gasteiger partial charge in [0.2, 0.25) is 0 Å². The zero-order valence-corrected chi connectivity index (χ0v) is 14.3. The van der Waals surface area contributed by atoms with E-state index in [-0.39, 0.29) is 5.56 Å². The summed E-state index contributed by atoms with van der Waals surface area (Å²) in [5.74, 6) is 0. The highest BCUT2D eigenvalue weighted by atomic mass is 79.9. The van der Waals surface area contributed by atoms with E-state index in [4.69, 9.17) is 0 Å². The average molecular weight is 362 g/mol. The Kier molecular flexibility index (Phi) is 4.64. The van der Waals surface area contributed by atoms with E-state index < -0.39 is 0 Å². The molecule has 1 aliphatic rings. The second-order valence-electron chi connectivity index (χ2n) is 5.56. The number of nitrogens with zero attached hydrogens (tertiary/aromatic N) is 3. The van der Waals surface area contributed by atoms with Gasteiger partial charge in [-0.1, -0.05) is 30.4 Å². The second kappa shape index (κ2) is 6.67. The Morgan fingerprint density at radius 1 is 1.09 bits per heavy atom. The summed E-state index contributed by atoms with van der Waals surface area (Å²) in [4.78, 5) is 15.0. The Morgan fingerprint density at radius 2 is 1.73 bits per heavy atom. The van der Waals surface area contributed by atoms with Crippen LogP contribution in [0.2, 0.25) is 0 Å². The minimum absolute atomic E-state index is 0.00310. The number of hydrogen-bond acceptors (Lipinski definition) is 2. The number of halogens is 1. The van der Waals surface area contributed by atoms with Gasteiger partial charge < -0.3 is 0 Å². The molecule has 2 aromatic rings. The van der Waals surface area contributed by atoms with Crippen LogP contribution in [0.25, 0.3) is 5.69 Å². The molecule has 0 spiro atoms. The van der Waals surface area contributed by atoms with Gasteiger partial charge >= 0.3 is 0 Å². The summed E-state index contributed by atoms with van der Waals surface area (Å²) in [6, 6.07) is 9.75. The lowest BCUT2D eigenvalue weighted by Crippen LogP contribution is -2.26. The second-order valence-corrected chi connectivity index (χ2v) is 6.35. The smallest absolute Gasteiger partial charge is 0.286 e. The fourth-order valence-electron chi connectivity index (χ4n) is 2.88. The molecule has 0 bridgehead atoms. The van der Waals surface area contributed by atoms with Gasteiger partial charge in [-0.3, -0.25) is 14.4 Å². The van der Waals surface area contributed by atoms with Crippen molar-refractivity contribution < 1.29 is 0 Å². The summed E-state index contributed by atoms with van der Waals surface area (Å²) >= 11 is 3.50. The molecule has 0 saturated heterocycles. The van der Waals surface area contributed by atoms with Crippen molar-refractivity contribution in [1.29, 1.82) is 0 Å². The van der Waals surface area contributed by atoms with Crippen LogP contribution < -0.4 is 5.56 Å². The highest BCUT2D eigenvalue weighted by Gasteiger charge is 2.19. The third-order valence-corrected chi connectivity index (χ3v) is 4.89. The maximum absolute atomic E-state index is 12.6. The summed E-state index contributed by atoms with van der Waals surface area (Å²) < 4.78 is 4.34. The van der Waals surface area contributed by atoms with Gasteiger partial charge in [-0.05, 0) is 40.9 Å². The van der Waals surface area contributed by atoms with Gasteiger partial charge in [-0.15, -0.1) is 0 Å². The van der Waals surface area contributed by atoms with Crippen molar-refractivity contribution in [3.63, 3.8) is 0 Å². The fourth-order valence-corrected chi connectivity index (χ4v) is 3.43. The number of aromatic nitrogens is 2. The van der Waals surface area contributed by atoms with Crippen molar-refractivity contribution in [1.82, 2.24) is 14.3 Å². The molecule has 0 amide bonds. The average Bonchev–Trinajstić information content (AvgIpc) is 2.73. The summed E-state index contributed by atoms with van der Waals surface area (Å²) in [6.45, 7) is 2.86. The SMILES string of the molecule is Cn1c(CN2CCC=CCC2)c(Br)c(=O)n1-c1ccccc1. The lowest BCUT2D eigenvalue weighted by atomic mass is 10.3. The minimum Gasteiger partial charge on any atom is -0.297 e. The van der Waals surface area contributed by atoms with Crippen LogP contribution in [0.15, 0.2) is 51.8 Å². The Bertz CT molecular complexity index is 720. The molecule has 0 atom stereocenters. The Labute approximate surface area is 138 Å². The first kappa shape index (κ1) is 15.3. The number of para-hydroxylation sites is 1. The van der Waals surface area contributed by atoms with E-state index in [9.17, 15) is 4.79 Å². The first-order valence-corrected chi connectivity index (χ1v) is 8.37. The van der Waals surface area contributed by atoms with Crippen LogP contribution in [-0.2, 0) is 13.6 Å². The van der Waals surface area contributed by atoms with Crippen LogP contribution in [0.3, 0.4) is 0 Å². The maximum atomic E-state index is 12.6. The fraction of sp³-hybridized carbons (Fsp3) is 0.353. The van der Waals surface area contributed by atoms with Crippen molar-refractivity contribution in [3.05, 3.63) is 63.0 Å². The molecule has 1 aliphatic heterocycles. The predicted octanol–water partition coefficient (Wildman–Crippen LogP) is 3.09. The highest BCUT2D eigenvalue weighted by molar-refractivity contribution is 9.10. The van der Waals surface area contributed by atoms with Crippen molar-refractivity contribution >= 4 is 15.9 Å². The lowest BCUT2D eigenvalue weighted by Gasteiger charge is -2.20. The Balaban J connectivity index is 1.94. The molecule has 22 heavy (non-hydrogen) atoms. The molecular formula is C17H20BrN3O. The summed E-state index contributed by atoms with van der Waals surface area (Å²) in [7, 11) is 1.95. The van der Waals surface area contributed by atoms with Gasteiger partial charge in [0.25, 0.3) is 5.56 Å². The highest BCUT2D eigenvalue weighted by Crippen LogP contribution is 2.18. The zero-order valence-electron chi connectivity index (χ0n) is 12.7. The molecule has 0 unspecified atom stereocenters. The first-order valence-electron chi connectivity index (χ1n) is 7.57. The van der Waals surface area contributed by atoms with E-state index in [1.54, 1.807) is 4.68 Å². The molecule has 4 nitrogen and oxygen atoms in total. The molecule has 0 radical (unpaired) electrons. The quantitative estimate of drug-likeness (QED) is 0.786. The Morgan fingerprint density at radius 3 is 2.36 bits per heavy atom. The number of rotatable bonds is 3. The molecule has 0 fully saturated rings. The minimum atomic E-state index is -0.00310. The van der Waals surface area contributed by atoms with Crippen LogP contribution in [0.4, 0.5) is 0 Å². The van der Waals surface area contributed by atoms with Crippen molar-refractivity contribution in [2.45, 2.75) is 19.4 Å². The molecule has 1 aromatic carbocycles. The van der Waals surface area contributed by atoms with Crippen LogP contribution in [0, 0.1) is 0 Å². The Hall–Kier alpha value is -1.59. The van der Waals surface area contributed by atoms with Gasteiger partial charge in [0.15, 0.2) is 0 Å². The van der Waals surface area contributed by atoms with Crippen LogP contribution >= 0.6 is 15.9 Å². The van der Waals surface area contributed by atoms with Gasteiger partial charge in [-0.2, -0.15) is 0 Å². The third kappa shape index (κ3) is 2.96. The summed E-state index contributed by atoms with van der Waals surface area (Å²) in [5, 5.41) is 0. The third-order valence-electron chi connectivity index (χ3n) is 4.09. The van der Waals surface area contributed by atoms with Crippen molar-refractivity contribution in [2.24, 2.45) is 7.05 Å². The monoisotopic (exact) mass is 361 g/mol. The lowest BCUT2D eigenvalue weighted by molar-refractivity contribution is 0.271. The van der Waals surface area contributed by atoms with E-state index in [0.717, 1.165) is 43.9 Å². The van der Waals surface area contributed by atoms with E-state index >= 15 is 0 Å². The van der Waals surface area contributed by atoms with E-state index in [1.165, 1.54) is 0 Å². The van der Waals surface area contributed by atoms with Crippen molar-refractivity contribution in [2.75, 3.05) is 13.1 Å². The summed E-state index contributed by atoms with van der Waals surface area (Å²) in [6.07, 6.45) is 6.63. The standard InChI is InChI=1S/C17H20BrN3O/c1-19-15(13-20-11-7-2-3-8-12-20)16(18)17(22)21(19)14-9-5-4-6-10-14/h2-6,9-10H,7-8,11-13H2,1H3. The predicted molar refractivity (Wildman–Crippen MR) is 92.4 cm³/mol. The molecule has 0 aliphatic carbocycles. The number of hydrogen-bond donors (Lipinski definition) is 0. The van der Waals surface area contributed by atoms with Gasteiger partial charge in [-0.25, -0.2) is 4.68 Å². The largest absolute Gasteiger partial charge is 0.297 e. The maximum Gasteiger partial charge on any atom is 0.286 e. The van der Waals surface area contributed by atoms with Crippen molar-refractivity contribution in [3.8, 4) is 5.69 Å². The van der Waals surface area contributed by atoms with Crippen LogP contribution in [0.5, 0.6) is 0 Å². The molecule has 0 saturated carbocycles. The zero-order chi connectivity index (χ0) is 15.5. The first-order chi connectivity index (χ1) is 10.7. The van der Waals surface area contributed by atoms with Gasteiger partial charge in [0, 0.05) is 26.7 Å². The molecule has 3 rings (SSSR count). The normalized spacial score (nSPS) is 15.9. The summed E-state index contributed by atoms with van der Waals surface area (Å²) in [5.41, 5.74) is 1.91. The van der Waals surface area contributed by atoms with E-state index in [1.807, 2.05) is 42.1 Å². The van der Waals surface area contributed by atoms with Gasteiger partial charge in [0.1, 0.15) is 4.47 Å². The van der Waals surface area contributed by atoms with E-state index in [0.29, 0.717) is 4.47 Å². The van der Waals surface area contributed by atoms with Crippen LogP contribution in [0.1, 0.15) is 18.5 Å². The molecule has 1 aromatic heterocycles. The molecule has 0 N–H and O–H groups in total. The molecular weight excluding hydrogens is 342 g/mol. The molecule has 2 heterocycles. The van der Waals surface area contributed by atoms with E-state index in [2.05, 4.69) is 33.0 Å².